The number of anilines is 3. The van der Waals surface area contributed by atoms with Crippen LogP contribution in [0.5, 0.6) is 0 Å². The Labute approximate surface area is 146 Å². The van der Waals surface area contributed by atoms with Crippen LogP contribution in [-0.2, 0) is 6.54 Å². The molecule has 0 fully saturated rings. The Bertz CT molecular complexity index is 1060. The van der Waals surface area contributed by atoms with Crippen LogP contribution in [0, 0.1) is 0 Å². The summed E-state index contributed by atoms with van der Waals surface area (Å²) < 4.78 is 1.05. The quantitative estimate of drug-likeness (QED) is 0.507. The SMILES string of the molecule is O=c1nc(NCc2cccnc2)nc(Nc2ccc3ncsc3c2)[nH]1. The van der Waals surface area contributed by atoms with Crippen LogP contribution in [0.3, 0.4) is 0 Å². The molecule has 25 heavy (non-hydrogen) atoms. The highest BCUT2D eigenvalue weighted by molar-refractivity contribution is 7.16. The molecular formula is C16H13N7OS. The number of aromatic nitrogens is 5. The van der Waals surface area contributed by atoms with Crippen LogP contribution in [0.1, 0.15) is 5.56 Å². The first-order valence-corrected chi connectivity index (χ1v) is 8.36. The number of pyridine rings is 1. The van der Waals surface area contributed by atoms with Crippen LogP contribution in [0.25, 0.3) is 10.2 Å². The second-order valence-corrected chi connectivity index (χ2v) is 6.09. The molecule has 8 nitrogen and oxygen atoms in total. The lowest BCUT2D eigenvalue weighted by Crippen LogP contribution is -2.17. The van der Waals surface area contributed by atoms with E-state index >= 15 is 0 Å². The number of nitrogens with one attached hydrogen (secondary N) is 3. The first-order chi connectivity index (χ1) is 12.3. The van der Waals surface area contributed by atoms with Gasteiger partial charge in [-0.05, 0) is 29.8 Å². The number of fused-ring (bicyclic) bond motifs is 1. The van der Waals surface area contributed by atoms with Crippen molar-refractivity contribution in [3.05, 3.63) is 64.3 Å². The summed E-state index contributed by atoms with van der Waals surface area (Å²) in [5.41, 5.74) is 4.03. The maximum absolute atomic E-state index is 11.8. The Morgan fingerprint density at radius 2 is 2.16 bits per heavy atom. The van der Waals surface area contributed by atoms with Crippen LogP contribution in [0.2, 0.25) is 0 Å². The van der Waals surface area contributed by atoms with E-state index in [9.17, 15) is 4.79 Å². The minimum absolute atomic E-state index is 0.244. The van der Waals surface area contributed by atoms with Gasteiger partial charge in [0.15, 0.2) is 0 Å². The average molecular weight is 351 g/mol. The van der Waals surface area contributed by atoms with Crippen LogP contribution < -0.4 is 16.3 Å². The first-order valence-electron chi connectivity index (χ1n) is 7.48. The number of hydrogen-bond acceptors (Lipinski definition) is 8. The Morgan fingerprint density at radius 3 is 3.04 bits per heavy atom. The summed E-state index contributed by atoms with van der Waals surface area (Å²) in [5.74, 6) is 0.562. The number of hydrogen-bond donors (Lipinski definition) is 3. The summed E-state index contributed by atoms with van der Waals surface area (Å²) in [5, 5.41) is 6.11. The van der Waals surface area contributed by atoms with Crippen molar-refractivity contribution in [2.24, 2.45) is 0 Å². The third-order valence-electron chi connectivity index (χ3n) is 3.42. The van der Waals surface area contributed by atoms with Crippen molar-refractivity contribution >= 4 is 39.1 Å². The predicted octanol–water partition coefficient (Wildman–Crippen LogP) is 2.53. The molecule has 124 valence electrons. The van der Waals surface area contributed by atoms with Gasteiger partial charge in [0.25, 0.3) is 0 Å². The number of aromatic amines is 1. The minimum atomic E-state index is -0.481. The lowest BCUT2D eigenvalue weighted by atomic mass is 10.3. The monoisotopic (exact) mass is 351 g/mol. The molecule has 4 rings (SSSR count). The fraction of sp³-hybridized carbons (Fsp3) is 0.0625. The van der Waals surface area contributed by atoms with Crippen molar-refractivity contribution in [2.75, 3.05) is 10.6 Å². The Kier molecular flexibility index (Phi) is 4.05. The van der Waals surface area contributed by atoms with Crippen molar-refractivity contribution < 1.29 is 0 Å². The molecule has 0 amide bonds. The van der Waals surface area contributed by atoms with E-state index in [0.717, 1.165) is 21.5 Å². The molecule has 9 heteroatoms. The summed E-state index contributed by atoms with van der Waals surface area (Å²) in [7, 11) is 0. The summed E-state index contributed by atoms with van der Waals surface area (Å²) in [6, 6.07) is 9.52. The van der Waals surface area contributed by atoms with Gasteiger partial charge in [-0.2, -0.15) is 9.97 Å². The van der Waals surface area contributed by atoms with Crippen LogP contribution in [0.4, 0.5) is 17.6 Å². The fourth-order valence-electron chi connectivity index (χ4n) is 2.28. The molecular weight excluding hydrogens is 338 g/mol. The number of thiazole rings is 1. The Morgan fingerprint density at radius 1 is 1.20 bits per heavy atom. The molecule has 0 aliphatic heterocycles. The minimum Gasteiger partial charge on any atom is -0.350 e. The number of rotatable bonds is 5. The topological polar surface area (TPSA) is 108 Å². The molecule has 0 saturated heterocycles. The van der Waals surface area contributed by atoms with Gasteiger partial charge in [-0.3, -0.25) is 9.97 Å². The van der Waals surface area contributed by atoms with E-state index in [0.29, 0.717) is 12.5 Å². The molecule has 3 heterocycles. The molecule has 0 aliphatic rings. The third-order valence-corrected chi connectivity index (χ3v) is 4.21. The van der Waals surface area contributed by atoms with E-state index in [-0.39, 0.29) is 5.95 Å². The van der Waals surface area contributed by atoms with Crippen molar-refractivity contribution in [2.45, 2.75) is 6.54 Å². The molecule has 0 aliphatic carbocycles. The number of benzene rings is 1. The largest absolute Gasteiger partial charge is 0.351 e. The van der Waals surface area contributed by atoms with E-state index < -0.39 is 5.69 Å². The second kappa shape index (κ2) is 6.65. The van der Waals surface area contributed by atoms with E-state index in [2.05, 4.69) is 35.6 Å². The zero-order valence-corrected chi connectivity index (χ0v) is 13.7. The highest BCUT2D eigenvalue weighted by Gasteiger charge is 2.05. The molecule has 3 N–H and O–H groups in total. The van der Waals surface area contributed by atoms with Gasteiger partial charge < -0.3 is 10.6 Å². The van der Waals surface area contributed by atoms with Crippen molar-refractivity contribution in [3.63, 3.8) is 0 Å². The summed E-state index contributed by atoms with van der Waals surface area (Å²) in [6.07, 6.45) is 3.44. The molecule has 3 aromatic heterocycles. The third kappa shape index (κ3) is 3.61. The molecule has 0 bridgehead atoms. The van der Waals surface area contributed by atoms with Crippen LogP contribution in [-0.4, -0.2) is 24.9 Å². The second-order valence-electron chi connectivity index (χ2n) is 5.20. The van der Waals surface area contributed by atoms with Gasteiger partial charge in [-0.15, -0.1) is 11.3 Å². The lowest BCUT2D eigenvalue weighted by Gasteiger charge is -2.08. The molecule has 0 unspecified atom stereocenters. The van der Waals surface area contributed by atoms with Crippen molar-refractivity contribution in [1.82, 2.24) is 24.9 Å². The zero-order chi connectivity index (χ0) is 17.1. The summed E-state index contributed by atoms with van der Waals surface area (Å²) in [6.45, 7) is 0.476. The maximum atomic E-state index is 11.8. The van der Waals surface area contributed by atoms with Gasteiger partial charge in [0.2, 0.25) is 11.9 Å². The Balaban J connectivity index is 1.53. The van der Waals surface area contributed by atoms with Gasteiger partial charge >= 0.3 is 5.69 Å². The highest BCUT2D eigenvalue weighted by Crippen LogP contribution is 2.23. The smallest absolute Gasteiger partial charge is 0.350 e. The van der Waals surface area contributed by atoms with Gasteiger partial charge in [0.05, 0.1) is 15.7 Å². The number of H-pyrrole nitrogens is 1. The average Bonchev–Trinajstić information content (AvgIpc) is 3.08. The zero-order valence-electron chi connectivity index (χ0n) is 12.9. The fourth-order valence-corrected chi connectivity index (χ4v) is 2.99. The van der Waals surface area contributed by atoms with E-state index in [1.807, 2.05) is 30.3 Å². The molecule has 0 atom stereocenters. The molecule has 4 aromatic rings. The first kappa shape index (κ1) is 15.2. The van der Waals surface area contributed by atoms with E-state index in [4.69, 9.17) is 0 Å². The molecule has 0 saturated carbocycles. The normalized spacial score (nSPS) is 10.7. The van der Waals surface area contributed by atoms with Crippen molar-refractivity contribution in [1.29, 1.82) is 0 Å². The van der Waals surface area contributed by atoms with Gasteiger partial charge in [-0.25, -0.2) is 9.78 Å². The Hall–Kier alpha value is -3.33. The van der Waals surface area contributed by atoms with Crippen molar-refractivity contribution in [3.8, 4) is 0 Å². The molecule has 0 spiro atoms. The summed E-state index contributed by atoms with van der Waals surface area (Å²) in [4.78, 5) is 30.8. The van der Waals surface area contributed by atoms with Gasteiger partial charge in [0.1, 0.15) is 0 Å². The summed E-state index contributed by atoms with van der Waals surface area (Å²) >= 11 is 1.55. The standard InChI is InChI=1S/C16H13N7OS/c24-16-22-14(18-8-10-2-1-5-17-7-10)21-15(23-16)20-11-3-4-12-13(6-11)25-9-19-12/h1-7,9H,8H2,(H3,18,20,21,22,23,24). The van der Waals surface area contributed by atoms with Crippen LogP contribution >= 0.6 is 11.3 Å². The number of nitrogens with zero attached hydrogens (tertiary/aromatic N) is 4. The van der Waals surface area contributed by atoms with Crippen LogP contribution in [0.15, 0.2) is 53.0 Å². The lowest BCUT2D eigenvalue weighted by molar-refractivity contribution is 0.963. The molecule has 1 aromatic carbocycles. The van der Waals surface area contributed by atoms with E-state index in [1.54, 1.807) is 29.2 Å². The molecule has 0 radical (unpaired) electrons. The van der Waals surface area contributed by atoms with Gasteiger partial charge in [0, 0.05) is 24.6 Å². The van der Waals surface area contributed by atoms with Gasteiger partial charge in [-0.1, -0.05) is 6.07 Å². The van der Waals surface area contributed by atoms with E-state index in [1.165, 1.54) is 0 Å². The predicted molar refractivity (Wildman–Crippen MR) is 97.1 cm³/mol. The highest BCUT2D eigenvalue weighted by atomic mass is 32.1. The maximum Gasteiger partial charge on any atom is 0.351 e.